The fourth-order valence-electron chi connectivity index (χ4n) is 2.93. The van der Waals surface area contributed by atoms with E-state index >= 15 is 0 Å². The summed E-state index contributed by atoms with van der Waals surface area (Å²) in [6.45, 7) is 4.43. The van der Waals surface area contributed by atoms with Gasteiger partial charge in [0.05, 0.1) is 5.56 Å². The molecule has 2 nitrogen and oxygen atoms in total. The largest absolute Gasteiger partial charge is 0.423 e. The van der Waals surface area contributed by atoms with Gasteiger partial charge in [-0.1, -0.05) is 56.3 Å². The monoisotopic (exact) mass is 292 g/mol. The summed E-state index contributed by atoms with van der Waals surface area (Å²) in [5, 5.41) is 0. The van der Waals surface area contributed by atoms with E-state index in [0.717, 1.165) is 12.0 Å². The van der Waals surface area contributed by atoms with Gasteiger partial charge in [-0.05, 0) is 36.1 Å². The highest BCUT2D eigenvalue weighted by molar-refractivity contribution is 5.93. The molecule has 22 heavy (non-hydrogen) atoms. The van der Waals surface area contributed by atoms with E-state index in [1.54, 1.807) is 12.1 Å². The number of hydrogen-bond donors (Lipinski definition) is 0. The highest BCUT2D eigenvalue weighted by Crippen LogP contribution is 2.39. The lowest BCUT2D eigenvalue weighted by atomic mass is 9.92. The minimum Gasteiger partial charge on any atom is -0.423 e. The van der Waals surface area contributed by atoms with Gasteiger partial charge in [-0.15, -0.1) is 0 Å². The van der Waals surface area contributed by atoms with E-state index in [0.29, 0.717) is 23.2 Å². The first-order chi connectivity index (χ1) is 10.6. The van der Waals surface area contributed by atoms with Crippen LogP contribution in [-0.4, -0.2) is 5.97 Å². The summed E-state index contributed by atoms with van der Waals surface area (Å²) >= 11 is 0. The summed E-state index contributed by atoms with van der Waals surface area (Å²) in [4.78, 5) is 12.3. The third kappa shape index (κ3) is 2.96. The Morgan fingerprint density at radius 1 is 1.05 bits per heavy atom. The number of fused-ring (bicyclic) bond motifs is 1. The number of esters is 1. The molecule has 0 heterocycles. The van der Waals surface area contributed by atoms with Crippen molar-refractivity contribution in [2.24, 2.45) is 5.92 Å². The number of carbonyl (C=O) groups is 1. The Morgan fingerprint density at radius 3 is 2.45 bits per heavy atom. The molecule has 0 saturated heterocycles. The van der Waals surface area contributed by atoms with E-state index in [2.05, 4.69) is 26.0 Å². The smallest absolute Gasteiger partial charge is 0.343 e. The van der Waals surface area contributed by atoms with Crippen molar-refractivity contribution in [2.45, 2.75) is 26.2 Å². The van der Waals surface area contributed by atoms with Gasteiger partial charge in [0.2, 0.25) is 0 Å². The average molecular weight is 292 g/mol. The molecule has 0 bridgehead atoms. The van der Waals surface area contributed by atoms with Crippen LogP contribution >= 0.6 is 0 Å². The Kier molecular flexibility index (Phi) is 4.10. The molecule has 1 aliphatic rings. The van der Waals surface area contributed by atoms with Crippen molar-refractivity contribution in [2.75, 3.05) is 0 Å². The molecule has 2 aromatic rings. The van der Waals surface area contributed by atoms with Gasteiger partial charge < -0.3 is 4.74 Å². The Morgan fingerprint density at radius 2 is 1.73 bits per heavy atom. The average Bonchev–Trinajstić information content (AvgIpc) is 2.86. The number of allylic oxidation sites excluding steroid dienone is 1. The molecule has 0 radical (unpaired) electrons. The summed E-state index contributed by atoms with van der Waals surface area (Å²) in [6.07, 6.45) is 3.15. The molecule has 0 N–H and O–H groups in total. The summed E-state index contributed by atoms with van der Waals surface area (Å²) in [5.74, 6) is 1.32. The molecule has 1 atom stereocenters. The van der Waals surface area contributed by atoms with Crippen LogP contribution < -0.4 is 0 Å². The van der Waals surface area contributed by atoms with Crippen molar-refractivity contribution in [3.63, 3.8) is 0 Å². The van der Waals surface area contributed by atoms with Gasteiger partial charge in [0.1, 0.15) is 5.76 Å². The SMILES string of the molecule is CC(C)CC1C=C(OC(=O)c2ccccc2)c2ccccc21. The third-order valence-electron chi connectivity index (χ3n) is 3.92. The molecule has 1 unspecified atom stereocenters. The summed E-state index contributed by atoms with van der Waals surface area (Å²) in [6, 6.07) is 17.3. The van der Waals surface area contributed by atoms with Crippen LogP contribution in [0, 0.1) is 5.92 Å². The van der Waals surface area contributed by atoms with Crippen LogP contribution in [0.25, 0.3) is 5.76 Å². The highest BCUT2D eigenvalue weighted by atomic mass is 16.5. The second-order valence-electron chi connectivity index (χ2n) is 6.11. The molecule has 112 valence electrons. The maximum absolute atomic E-state index is 12.3. The number of benzene rings is 2. The van der Waals surface area contributed by atoms with E-state index in [4.69, 9.17) is 4.74 Å². The molecular formula is C20H20O2. The van der Waals surface area contributed by atoms with Crippen LogP contribution in [0.15, 0.2) is 60.7 Å². The topological polar surface area (TPSA) is 26.3 Å². The zero-order chi connectivity index (χ0) is 15.5. The first kappa shape index (κ1) is 14.6. The molecule has 0 aliphatic heterocycles. The van der Waals surface area contributed by atoms with Crippen molar-refractivity contribution in [3.8, 4) is 0 Å². The molecule has 0 aromatic heterocycles. The fourth-order valence-corrected chi connectivity index (χ4v) is 2.93. The van der Waals surface area contributed by atoms with Crippen molar-refractivity contribution in [3.05, 3.63) is 77.4 Å². The summed E-state index contributed by atoms with van der Waals surface area (Å²) < 4.78 is 5.66. The lowest BCUT2D eigenvalue weighted by Gasteiger charge is -2.12. The van der Waals surface area contributed by atoms with Gasteiger partial charge in [-0.3, -0.25) is 0 Å². The quantitative estimate of drug-likeness (QED) is 0.739. The third-order valence-corrected chi connectivity index (χ3v) is 3.92. The van der Waals surface area contributed by atoms with E-state index < -0.39 is 0 Å². The molecule has 0 saturated carbocycles. The van der Waals surface area contributed by atoms with Crippen LogP contribution in [0.2, 0.25) is 0 Å². The van der Waals surface area contributed by atoms with Gasteiger partial charge in [-0.2, -0.15) is 0 Å². The molecule has 0 spiro atoms. The Bertz CT molecular complexity index is 699. The van der Waals surface area contributed by atoms with Gasteiger partial charge in [-0.25, -0.2) is 4.79 Å². The van der Waals surface area contributed by atoms with Crippen molar-refractivity contribution in [1.82, 2.24) is 0 Å². The van der Waals surface area contributed by atoms with E-state index in [9.17, 15) is 4.79 Å². The highest BCUT2D eigenvalue weighted by Gasteiger charge is 2.26. The summed E-state index contributed by atoms with van der Waals surface area (Å²) in [5.41, 5.74) is 2.87. The number of rotatable bonds is 4. The van der Waals surface area contributed by atoms with Crippen LogP contribution in [0.1, 0.15) is 47.7 Å². The molecule has 1 aliphatic carbocycles. The van der Waals surface area contributed by atoms with E-state index in [-0.39, 0.29) is 5.97 Å². The lowest BCUT2D eigenvalue weighted by Crippen LogP contribution is -2.03. The first-order valence-electron chi connectivity index (χ1n) is 7.73. The maximum Gasteiger partial charge on any atom is 0.343 e. The Hall–Kier alpha value is -2.35. The second-order valence-corrected chi connectivity index (χ2v) is 6.11. The van der Waals surface area contributed by atoms with Crippen molar-refractivity contribution in [1.29, 1.82) is 0 Å². The zero-order valence-corrected chi connectivity index (χ0v) is 13.0. The van der Waals surface area contributed by atoms with E-state index in [1.165, 1.54) is 5.56 Å². The molecule has 3 rings (SSSR count). The van der Waals surface area contributed by atoms with Gasteiger partial charge >= 0.3 is 5.97 Å². The van der Waals surface area contributed by atoms with E-state index in [1.807, 2.05) is 36.4 Å². The number of ether oxygens (including phenoxy) is 1. The maximum atomic E-state index is 12.3. The van der Waals surface area contributed by atoms with Crippen LogP contribution in [-0.2, 0) is 4.74 Å². The molecule has 2 heteroatoms. The molecule has 0 amide bonds. The van der Waals surface area contributed by atoms with Crippen LogP contribution in [0.3, 0.4) is 0 Å². The predicted molar refractivity (Wildman–Crippen MR) is 88.5 cm³/mol. The van der Waals surface area contributed by atoms with Crippen LogP contribution in [0.4, 0.5) is 0 Å². The number of carbonyl (C=O) groups excluding carboxylic acids is 1. The first-order valence-corrected chi connectivity index (χ1v) is 7.73. The summed E-state index contributed by atoms with van der Waals surface area (Å²) in [7, 11) is 0. The zero-order valence-electron chi connectivity index (χ0n) is 13.0. The standard InChI is InChI=1S/C20H20O2/c1-14(2)12-16-13-19(18-11-7-6-10-17(16)18)22-20(21)15-8-4-3-5-9-15/h3-11,13-14,16H,12H2,1-2H3. The predicted octanol–water partition coefficient (Wildman–Crippen LogP) is 5.03. The van der Waals surface area contributed by atoms with Gasteiger partial charge in [0.25, 0.3) is 0 Å². The minimum atomic E-state index is -0.299. The normalized spacial score (nSPS) is 16.3. The van der Waals surface area contributed by atoms with Crippen molar-refractivity contribution >= 4 is 11.7 Å². The molecular weight excluding hydrogens is 272 g/mol. The lowest BCUT2D eigenvalue weighted by molar-refractivity contribution is 0.0692. The second kappa shape index (κ2) is 6.18. The molecule has 2 aromatic carbocycles. The number of hydrogen-bond acceptors (Lipinski definition) is 2. The Labute approximate surface area is 131 Å². The van der Waals surface area contributed by atoms with Crippen LogP contribution in [0.5, 0.6) is 0 Å². The van der Waals surface area contributed by atoms with Gasteiger partial charge in [0.15, 0.2) is 0 Å². The Balaban J connectivity index is 1.85. The molecule has 0 fully saturated rings. The fraction of sp³-hybridized carbons (Fsp3) is 0.250. The minimum absolute atomic E-state index is 0.299. The van der Waals surface area contributed by atoms with Gasteiger partial charge in [0, 0.05) is 11.5 Å². The van der Waals surface area contributed by atoms with Crippen molar-refractivity contribution < 1.29 is 9.53 Å².